The number of carbonyl (C=O) groups is 1. The van der Waals surface area contributed by atoms with Gasteiger partial charge in [0.1, 0.15) is 17.6 Å². The van der Waals surface area contributed by atoms with Crippen LogP contribution in [0.15, 0.2) is 12.3 Å². The van der Waals surface area contributed by atoms with Gasteiger partial charge in [0.2, 0.25) is 0 Å². The number of amides is 1. The highest BCUT2D eigenvalue weighted by Gasteiger charge is 2.22. The SMILES string of the molecule is CNc1cc(C(=O)Nc2nnn(C)n2)c([N+](=O)[O-])cn1. The van der Waals surface area contributed by atoms with E-state index in [2.05, 4.69) is 31.0 Å². The Morgan fingerprint density at radius 1 is 1.50 bits per heavy atom. The Kier molecular flexibility index (Phi) is 3.50. The third-order valence-corrected chi connectivity index (χ3v) is 2.31. The molecule has 2 heterocycles. The van der Waals surface area contributed by atoms with Crippen LogP contribution in [-0.4, -0.2) is 43.1 Å². The van der Waals surface area contributed by atoms with Crippen molar-refractivity contribution in [3.05, 3.63) is 27.9 Å². The average Bonchev–Trinajstić information content (AvgIpc) is 2.83. The number of nitro groups is 1. The monoisotopic (exact) mass is 278 g/mol. The smallest absolute Gasteiger partial charge is 0.300 e. The van der Waals surface area contributed by atoms with Gasteiger partial charge in [-0.15, -0.1) is 5.10 Å². The number of carbonyl (C=O) groups excluding carboxylic acids is 1. The molecule has 0 aromatic carbocycles. The molecule has 0 spiro atoms. The molecule has 1 amide bonds. The average molecular weight is 278 g/mol. The minimum Gasteiger partial charge on any atom is -0.373 e. The molecule has 0 fully saturated rings. The summed E-state index contributed by atoms with van der Waals surface area (Å²) in [6, 6.07) is 1.27. The van der Waals surface area contributed by atoms with E-state index in [-0.39, 0.29) is 11.5 Å². The van der Waals surface area contributed by atoms with Crippen LogP contribution < -0.4 is 10.6 Å². The second-order valence-corrected chi connectivity index (χ2v) is 3.65. The zero-order chi connectivity index (χ0) is 14.7. The van der Waals surface area contributed by atoms with Crippen molar-refractivity contribution >= 4 is 23.4 Å². The Hall–Kier alpha value is -3.11. The molecule has 0 unspecified atom stereocenters. The summed E-state index contributed by atoms with van der Waals surface area (Å²) in [6.45, 7) is 0. The van der Waals surface area contributed by atoms with E-state index in [1.807, 2.05) is 0 Å². The van der Waals surface area contributed by atoms with E-state index < -0.39 is 16.5 Å². The van der Waals surface area contributed by atoms with Gasteiger partial charge in [-0.25, -0.2) is 4.98 Å². The van der Waals surface area contributed by atoms with Gasteiger partial charge in [0, 0.05) is 13.1 Å². The molecule has 11 heteroatoms. The fourth-order valence-electron chi connectivity index (χ4n) is 1.42. The maximum Gasteiger partial charge on any atom is 0.300 e. The lowest BCUT2D eigenvalue weighted by Gasteiger charge is -2.04. The van der Waals surface area contributed by atoms with E-state index in [9.17, 15) is 14.9 Å². The largest absolute Gasteiger partial charge is 0.373 e. The minimum atomic E-state index is -0.719. The van der Waals surface area contributed by atoms with E-state index in [1.54, 1.807) is 7.05 Å². The number of hydrogen-bond donors (Lipinski definition) is 2. The number of aryl methyl sites for hydroxylation is 1. The number of nitrogens with zero attached hydrogens (tertiary/aromatic N) is 6. The molecule has 0 aliphatic carbocycles. The second-order valence-electron chi connectivity index (χ2n) is 3.65. The fourth-order valence-corrected chi connectivity index (χ4v) is 1.42. The van der Waals surface area contributed by atoms with Crippen LogP contribution in [0.5, 0.6) is 0 Å². The summed E-state index contributed by atoms with van der Waals surface area (Å²) < 4.78 is 0. The Bertz CT molecular complexity index is 667. The predicted molar refractivity (Wildman–Crippen MR) is 67.2 cm³/mol. The maximum absolute atomic E-state index is 12.0. The molecule has 104 valence electrons. The maximum atomic E-state index is 12.0. The van der Waals surface area contributed by atoms with Crippen molar-refractivity contribution in [2.75, 3.05) is 17.7 Å². The zero-order valence-corrected chi connectivity index (χ0v) is 10.6. The molecule has 11 nitrogen and oxygen atoms in total. The molecule has 20 heavy (non-hydrogen) atoms. The molecule has 0 atom stereocenters. The summed E-state index contributed by atoms with van der Waals surface area (Å²) in [6.07, 6.45) is 1.00. The second kappa shape index (κ2) is 5.26. The quantitative estimate of drug-likeness (QED) is 0.578. The van der Waals surface area contributed by atoms with Crippen molar-refractivity contribution in [1.29, 1.82) is 0 Å². The summed E-state index contributed by atoms with van der Waals surface area (Å²) in [5.41, 5.74) is -0.563. The third-order valence-electron chi connectivity index (χ3n) is 2.31. The van der Waals surface area contributed by atoms with Crippen molar-refractivity contribution < 1.29 is 9.72 Å². The molecule has 2 N–H and O–H groups in total. The van der Waals surface area contributed by atoms with Crippen LogP contribution in [0, 0.1) is 10.1 Å². The summed E-state index contributed by atoms with van der Waals surface area (Å²) in [5.74, 6) is -0.439. The van der Waals surface area contributed by atoms with Gasteiger partial charge in [-0.05, 0) is 5.21 Å². The molecular formula is C9H10N8O3. The van der Waals surface area contributed by atoms with Crippen molar-refractivity contribution in [3.8, 4) is 0 Å². The molecule has 0 aliphatic heterocycles. The van der Waals surface area contributed by atoms with Crippen LogP contribution in [0.3, 0.4) is 0 Å². The summed E-state index contributed by atoms with van der Waals surface area (Å²) in [7, 11) is 3.11. The van der Waals surface area contributed by atoms with Crippen molar-refractivity contribution in [2.45, 2.75) is 0 Å². The highest BCUT2D eigenvalue weighted by molar-refractivity contribution is 6.06. The lowest BCUT2D eigenvalue weighted by Crippen LogP contribution is -2.16. The van der Waals surface area contributed by atoms with E-state index in [0.717, 1.165) is 11.0 Å². The highest BCUT2D eigenvalue weighted by atomic mass is 16.6. The van der Waals surface area contributed by atoms with E-state index >= 15 is 0 Å². The highest BCUT2D eigenvalue weighted by Crippen LogP contribution is 2.20. The number of aromatic nitrogens is 5. The van der Waals surface area contributed by atoms with Crippen molar-refractivity contribution in [3.63, 3.8) is 0 Å². The Balaban J connectivity index is 2.34. The summed E-state index contributed by atoms with van der Waals surface area (Å²) in [5, 5.41) is 26.8. The summed E-state index contributed by atoms with van der Waals surface area (Å²) in [4.78, 5) is 27.2. The van der Waals surface area contributed by atoms with E-state index in [4.69, 9.17) is 0 Å². The number of anilines is 2. The summed E-state index contributed by atoms with van der Waals surface area (Å²) >= 11 is 0. The van der Waals surface area contributed by atoms with E-state index in [0.29, 0.717) is 5.82 Å². The van der Waals surface area contributed by atoms with Gasteiger partial charge in [0.15, 0.2) is 0 Å². The fraction of sp³-hybridized carbons (Fsp3) is 0.222. The zero-order valence-electron chi connectivity index (χ0n) is 10.6. The van der Waals surface area contributed by atoms with Crippen molar-refractivity contribution in [1.82, 2.24) is 25.2 Å². The molecule has 0 radical (unpaired) electrons. The van der Waals surface area contributed by atoms with Crippen molar-refractivity contribution in [2.24, 2.45) is 7.05 Å². The molecule has 0 saturated carbocycles. The van der Waals surface area contributed by atoms with E-state index in [1.165, 1.54) is 13.1 Å². The first-order valence-electron chi connectivity index (χ1n) is 5.39. The minimum absolute atomic E-state index is 0.0467. The van der Waals surface area contributed by atoms with Crippen LogP contribution in [0.2, 0.25) is 0 Å². The Morgan fingerprint density at radius 2 is 2.25 bits per heavy atom. The number of nitrogens with one attached hydrogen (secondary N) is 2. The predicted octanol–water partition coefficient (Wildman–Crippen LogP) is -0.193. The van der Waals surface area contributed by atoms with Crippen LogP contribution >= 0.6 is 0 Å². The molecule has 2 aromatic heterocycles. The molecule has 2 rings (SSSR count). The number of rotatable bonds is 4. The van der Waals surface area contributed by atoms with Gasteiger partial charge >= 0.3 is 0 Å². The number of pyridine rings is 1. The first-order chi connectivity index (χ1) is 9.51. The van der Waals surface area contributed by atoms with Gasteiger partial charge in [0.05, 0.1) is 12.0 Å². The van der Waals surface area contributed by atoms with Crippen LogP contribution in [0.25, 0.3) is 0 Å². The Labute approximate surface area is 112 Å². The molecule has 2 aromatic rings. The normalized spacial score (nSPS) is 10.1. The number of hydrogen-bond acceptors (Lipinski definition) is 8. The first-order valence-corrected chi connectivity index (χ1v) is 5.39. The van der Waals surface area contributed by atoms with Crippen LogP contribution in [0.1, 0.15) is 10.4 Å². The first kappa shape index (κ1) is 13.3. The lowest BCUT2D eigenvalue weighted by atomic mass is 10.2. The lowest BCUT2D eigenvalue weighted by molar-refractivity contribution is -0.385. The third kappa shape index (κ3) is 2.66. The van der Waals surface area contributed by atoms with Gasteiger partial charge in [0.25, 0.3) is 17.5 Å². The van der Waals surface area contributed by atoms with Gasteiger partial charge < -0.3 is 5.32 Å². The van der Waals surface area contributed by atoms with Crippen LogP contribution in [-0.2, 0) is 7.05 Å². The number of tetrazole rings is 1. The molecular weight excluding hydrogens is 268 g/mol. The molecule has 0 saturated heterocycles. The van der Waals surface area contributed by atoms with Gasteiger partial charge in [-0.2, -0.15) is 4.80 Å². The topological polar surface area (TPSA) is 141 Å². The Morgan fingerprint density at radius 3 is 2.80 bits per heavy atom. The van der Waals surface area contributed by atoms with Gasteiger partial charge in [-0.3, -0.25) is 20.2 Å². The molecule has 0 aliphatic rings. The van der Waals surface area contributed by atoms with Crippen LogP contribution in [0.4, 0.5) is 17.5 Å². The van der Waals surface area contributed by atoms with Gasteiger partial charge in [-0.1, -0.05) is 5.10 Å². The molecule has 0 bridgehead atoms. The standard InChI is InChI=1S/C9H10N8O3/c1-10-7-3-5(6(4-11-7)17(19)20)8(18)12-9-13-15-16(2)14-9/h3-4H,1-2H3,(H,10,11)(H,12,14,18).